The Morgan fingerprint density at radius 3 is 2.88 bits per heavy atom. The van der Waals surface area contributed by atoms with Gasteiger partial charge in [0.15, 0.2) is 17.2 Å². The van der Waals surface area contributed by atoms with E-state index in [0.29, 0.717) is 19.0 Å². The molecule has 1 saturated heterocycles. The fraction of sp³-hybridized carbons (Fsp3) is 0.684. The molecule has 0 amide bonds. The van der Waals surface area contributed by atoms with Crippen LogP contribution >= 0.6 is 0 Å². The molecule has 1 aromatic carbocycles. The first-order valence-electron chi connectivity index (χ1n) is 9.56. The zero-order valence-electron chi connectivity index (χ0n) is 15.3. The molecule has 1 saturated carbocycles. The van der Waals surface area contributed by atoms with Gasteiger partial charge in [-0.15, -0.1) is 0 Å². The summed E-state index contributed by atoms with van der Waals surface area (Å²) in [6.07, 6.45) is 4.13. The van der Waals surface area contributed by atoms with Crippen molar-refractivity contribution in [2.24, 2.45) is 5.92 Å². The van der Waals surface area contributed by atoms with E-state index in [-0.39, 0.29) is 18.4 Å². The van der Waals surface area contributed by atoms with Gasteiger partial charge >= 0.3 is 0 Å². The number of nitrogens with one attached hydrogen (secondary N) is 1. The van der Waals surface area contributed by atoms with E-state index in [1.54, 1.807) is 7.11 Å². The summed E-state index contributed by atoms with van der Waals surface area (Å²) in [6, 6.07) is 5.83. The highest BCUT2D eigenvalue weighted by molar-refractivity contribution is 5.51. The Hall–Kier alpha value is -1.38. The molecule has 2 aliphatic heterocycles. The van der Waals surface area contributed by atoms with Crippen LogP contribution in [0.25, 0.3) is 0 Å². The minimum absolute atomic E-state index is 0.0607. The Morgan fingerprint density at radius 1 is 1.35 bits per heavy atom. The summed E-state index contributed by atoms with van der Waals surface area (Å²) in [5.41, 5.74) is 0.520. The zero-order chi connectivity index (χ0) is 18.1. The number of methoxy groups -OCH3 is 1. The molecule has 1 aliphatic carbocycles. The molecular formula is C19H28N2O5. The fourth-order valence-corrected chi connectivity index (χ4v) is 5.12. The van der Waals surface area contributed by atoms with Gasteiger partial charge in [-0.1, -0.05) is 18.6 Å². The molecular weight excluding hydrogens is 336 g/mol. The van der Waals surface area contributed by atoms with E-state index in [9.17, 15) is 10.4 Å². The van der Waals surface area contributed by atoms with Crippen molar-refractivity contribution in [3.8, 4) is 11.5 Å². The van der Waals surface area contributed by atoms with Crippen LogP contribution in [0.1, 0.15) is 37.2 Å². The van der Waals surface area contributed by atoms with Crippen molar-refractivity contribution in [3.63, 3.8) is 0 Å². The van der Waals surface area contributed by atoms with Crippen LogP contribution in [-0.4, -0.2) is 55.8 Å². The summed E-state index contributed by atoms with van der Waals surface area (Å²) in [4.78, 5) is 2.39. The van der Waals surface area contributed by atoms with Gasteiger partial charge in [-0.25, -0.2) is 10.4 Å². The van der Waals surface area contributed by atoms with E-state index in [4.69, 9.17) is 14.2 Å². The number of hydrogen-bond donors (Lipinski definition) is 2. The lowest BCUT2D eigenvalue weighted by Crippen LogP contribution is -3.05. The van der Waals surface area contributed by atoms with Crippen molar-refractivity contribution in [3.05, 3.63) is 29.0 Å². The molecule has 3 aliphatic rings. The number of para-hydroxylation sites is 1. The number of ether oxygens (including phenoxy) is 3. The molecule has 26 heavy (non-hydrogen) atoms. The van der Waals surface area contributed by atoms with Gasteiger partial charge in [-0.3, -0.25) is 4.90 Å². The SMILES string of the molecule is COc1cccc2c1OC1(N3CCOCC3)CCCCC1C2C[NH+]([O-])O. The lowest BCUT2D eigenvalue weighted by Gasteiger charge is -2.56. The van der Waals surface area contributed by atoms with Crippen LogP contribution in [0.5, 0.6) is 11.5 Å². The number of hydrogen-bond acceptors (Lipinski definition) is 6. The fourth-order valence-electron chi connectivity index (χ4n) is 5.12. The maximum Gasteiger partial charge on any atom is 0.167 e. The van der Waals surface area contributed by atoms with E-state index in [0.717, 1.165) is 50.1 Å². The van der Waals surface area contributed by atoms with E-state index in [1.165, 1.54) is 0 Å². The Balaban J connectivity index is 1.81. The highest BCUT2D eigenvalue weighted by Gasteiger charge is 2.55. The summed E-state index contributed by atoms with van der Waals surface area (Å²) in [7, 11) is 1.64. The molecule has 0 spiro atoms. The smallest absolute Gasteiger partial charge is 0.167 e. The van der Waals surface area contributed by atoms with E-state index < -0.39 is 11.0 Å². The molecule has 0 radical (unpaired) electrons. The predicted molar refractivity (Wildman–Crippen MR) is 94.4 cm³/mol. The maximum atomic E-state index is 11.7. The van der Waals surface area contributed by atoms with Gasteiger partial charge in [-0.2, -0.15) is 0 Å². The molecule has 4 unspecified atom stereocenters. The van der Waals surface area contributed by atoms with E-state index >= 15 is 0 Å². The summed E-state index contributed by atoms with van der Waals surface area (Å²) < 4.78 is 17.9. The van der Waals surface area contributed by atoms with Crippen molar-refractivity contribution in [2.75, 3.05) is 40.0 Å². The first-order valence-corrected chi connectivity index (χ1v) is 9.56. The quantitative estimate of drug-likeness (QED) is 0.781. The van der Waals surface area contributed by atoms with E-state index in [2.05, 4.69) is 4.90 Å². The highest BCUT2D eigenvalue weighted by Crippen LogP contribution is 2.54. The third kappa shape index (κ3) is 2.97. The molecule has 0 aromatic heterocycles. The first-order chi connectivity index (χ1) is 12.7. The van der Waals surface area contributed by atoms with Crippen molar-refractivity contribution < 1.29 is 24.6 Å². The molecule has 2 N–H and O–H groups in total. The average Bonchev–Trinajstić information content (AvgIpc) is 2.67. The molecule has 4 atom stereocenters. The molecule has 7 heteroatoms. The van der Waals surface area contributed by atoms with Crippen molar-refractivity contribution in [1.82, 2.24) is 4.90 Å². The second-order valence-electron chi connectivity index (χ2n) is 7.48. The van der Waals surface area contributed by atoms with E-state index in [1.807, 2.05) is 18.2 Å². The van der Waals surface area contributed by atoms with Crippen molar-refractivity contribution in [1.29, 1.82) is 0 Å². The van der Waals surface area contributed by atoms with Gasteiger partial charge in [0, 0.05) is 36.9 Å². The second-order valence-corrected chi connectivity index (χ2v) is 7.48. The van der Waals surface area contributed by atoms with Crippen LogP contribution in [0.15, 0.2) is 18.2 Å². The van der Waals surface area contributed by atoms with Crippen LogP contribution in [-0.2, 0) is 4.74 Å². The number of rotatable bonds is 4. The van der Waals surface area contributed by atoms with Crippen molar-refractivity contribution >= 4 is 0 Å². The molecule has 144 valence electrons. The summed E-state index contributed by atoms with van der Waals surface area (Å²) in [6.45, 7) is 3.16. The van der Waals surface area contributed by atoms with Gasteiger partial charge in [0.1, 0.15) is 6.54 Å². The number of nitrogens with zero attached hydrogens (tertiary/aromatic N) is 1. The van der Waals surface area contributed by atoms with Crippen molar-refractivity contribution in [2.45, 2.75) is 37.3 Å². The number of morpholine rings is 1. The van der Waals surface area contributed by atoms with Crippen LogP contribution < -0.4 is 14.7 Å². The summed E-state index contributed by atoms with van der Waals surface area (Å²) in [5, 5.41) is 20.5. The topological polar surface area (TPSA) is 78.7 Å². The Kier molecular flexibility index (Phi) is 5.07. The number of quaternary nitrogens is 1. The lowest BCUT2D eigenvalue weighted by molar-refractivity contribution is -1.05. The van der Waals surface area contributed by atoms with Crippen LogP contribution in [0.3, 0.4) is 0 Å². The molecule has 0 bridgehead atoms. The lowest BCUT2D eigenvalue weighted by atomic mass is 9.68. The predicted octanol–water partition coefficient (Wildman–Crippen LogP) is 1.16. The van der Waals surface area contributed by atoms with Gasteiger partial charge in [0.25, 0.3) is 0 Å². The standard InChI is InChI=1S/C19H28N2O5/c1-24-17-7-4-5-14-15(13-21(22)23)16-6-2-3-8-19(16,26-18(14)17)20-9-11-25-12-10-20/h4-5,7,15-16,21-22H,2-3,6,8-13H2,1H3. The second kappa shape index (κ2) is 7.32. The molecule has 4 rings (SSSR count). The normalized spacial score (nSPS) is 32.9. The Bertz CT molecular complexity index is 634. The number of benzene rings is 1. The highest BCUT2D eigenvalue weighted by atomic mass is 16.8. The Labute approximate surface area is 154 Å². The Morgan fingerprint density at radius 2 is 2.15 bits per heavy atom. The van der Waals surface area contributed by atoms with Gasteiger partial charge in [0.05, 0.1) is 20.3 Å². The molecule has 2 fully saturated rings. The van der Waals surface area contributed by atoms with Crippen LogP contribution in [0.4, 0.5) is 0 Å². The number of hydroxylamine groups is 2. The third-order valence-corrected chi connectivity index (χ3v) is 6.21. The monoisotopic (exact) mass is 364 g/mol. The molecule has 7 nitrogen and oxygen atoms in total. The largest absolute Gasteiger partial charge is 0.600 e. The van der Waals surface area contributed by atoms with Crippen LogP contribution in [0.2, 0.25) is 0 Å². The summed E-state index contributed by atoms with van der Waals surface area (Å²) in [5.74, 6) is 1.53. The minimum Gasteiger partial charge on any atom is -0.600 e. The minimum atomic E-state index is -0.757. The van der Waals surface area contributed by atoms with Gasteiger partial charge in [-0.05, 0) is 18.9 Å². The first kappa shape index (κ1) is 18.0. The van der Waals surface area contributed by atoms with Crippen LogP contribution in [0, 0.1) is 11.1 Å². The third-order valence-electron chi connectivity index (χ3n) is 6.21. The zero-order valence-corrected chi connectivity index (χ0v) is 15.3. The number of fused-ring (bicyclic) bond motifs is 2. The molecule has 2 heterocycles. The van der Waals surface area contributed by atoms with Gasteiger partial charge in [0.2, 0.25) is 0 Å². The molecule has 1 aromatic rings. The maximum absolute atomic E-state index is 11.7. The summed E-state index contributed by atoms with van der Waals surface area (Å²) >= 11 is 0. The average molecular weight is 364 g/mol. The van der Waals surface area contributed by atoms with Gasteiger partial charge < -0.3 is 19.4 Å².